The predicted molar refractivity (Wildman–Crippen MR) is 129 cm³/mol. The van der Waals surface area contributed by atoms with Gasteiger partial charge in [-0.3, -0.25) is 15.0 Å². The number of phenols is 1. The van der Waals surface area contributed by atoms with Crippen LogP contribution in [0.25, 0.3) is 11.1 Å². The molecule has 0 aliphatic heterocycles. The SMILES string of the molecule is CC(=O)Nc1ccc(-c2cc(O)c(C(=N)C(=O)Nc3ccc(C#N)cc3C(=O)O)cc2S)cc1. The van der Waals surface area contributed by atoms with Crippen molar-refractivity contribution in [3.05, 3.63) is 71.3 Å². The lowest BCUT2D eigenvalue weighted by Gasteiger charge is -2.13. The molecule has 34 heavy (non-hydrogen) atoms. The molecule has 3 rings (SSSR count). The summed E-state index contributed by atoms with van der Waals surface area (Å²) in [7, 11) is 0. The fourth-order valence-corrected chi connectivity index (χ4v) is 3.47. The third-order valence-electron chi connectivity index (χ3n) is 4.75. The Bertz CT molecular complexity index is 1380. The summed E-state index contributed by atoms with van der Waals surface area (Å²) >= 11 is 4.42. The van der Waals surface area contributed by atoms with Gasteiger partial charge < -0.3 is 20.8 Å². The molecule has 10 heteroatoms. The van der Waals surface area contributed by atoms with Crippen LogP contribution in [0.3, 0.4) is 0 Å². The smallest absolute Gasteiger partial charge is 0.337 e. The molecule has 0 fully saturated rings. The number of nitrogens with one attached hydrogen (secondary N) is 3. The minimum Gasteiger partial charge on any atom is -0.507 e. The number of thiol groups is 1. The number of rotatable bonds is 6. The molecule has 3 aromatic rings. The van der Waals surface area contributed by atoms with Crippen molar-refractivity contribution in [2.45, 2.75) is 11.8 Å². The topological polar surface area (TPSA) is 163 Å². The van der Waals surface area contributed by atoms with Crippen molar-refractivity contribution < 1.29 is 24.6 Å². The number of carbonyl (C=O) groups is 3. The summed E-state index contributed by atoms with van der Waals surface area (Å²) in [6, 6.07) is 15.0. The zero-order valence-corrected chi connectivity index (χ0v) is 18.6. The van der Waals surface area contributed by atoms with Crippen molar-refractivity contribution in [3.63, 3.8) is 0 Å². The molecule has 5 N–H and O–H groups in total. The van der Waals surface area contributed by atoms with E-state index in [0.717, 1.165) is 6.07 Å². The van der Waals surface area contributed by atoms with Crippen LogP contribution in [-0.2, 0) is 9.59 Å². The minimum atomic E-state index is -1.35. The molecule has 0 saturated carbocycles. The van der Waals surface area contributed by atoms with Gasteiger partial charge in [0.05, 0.1) is 22.9 Å². The maximum absolute atomic E-state index is 12.6. The molecule has 0 saturated heterocycles. The molecule has 0 spiro atoms. The van der Waals surface area contributed by atoms with E-state index in [9.17, 15) is 24.6 Å². The molecule has 0 aromatic heterocycles. The van der Waals surface area contributed by atoms with E-state index in [1.807, 2.05) is 6.07 Å². The Hall–Kier alpha value is -4.62. The monoisotopic (exact) mass is 474 g/mol. The summed E-state index contributed by atoms with van der Waals surface area (Å²) in [6.07, 6.45) is 0. The zero-order chi connectivity index (χ0) is 25.0. The van der Waals surface area contributed by atoms with Crippen LogP contribution in [0.4, 0.5) is 11.4 Å². The lowest BCUT2D eigenvalue weighted by molar-refractivity contribution is -0.114. The van der Waals surface area contributed by atoms with Crippen LogP contribution in [0.1, 0.15) is 28.4 Å². The number of amides is 2. The highest BCUT2D eigenvalue weighted by molar-refractivity contribution is 7.80. The van der Waals surface area contributed by atoms with Crippen LogP contribution in [0.15, 0.2) is 59.5 Å². The maximum atomic E-state index is 12.6. The molecular formula is C24H18N4O5S. The standard InChI is InChI=1S/C24H18N4O5S/c1-12(29)27-15-5-3-14(4-6-15)16-9-20(30)18(10-21(16)34)22(26)23(31)28-19-7-2-13(11-25)8-17(19)24(32)33/h2-10,26,30,34H,1H3,(H,27,29)(H,28,31)(H,32,33). The molecule has 0 radical (unpaired) electrons. The summed E-state index contributed by atoms with van der Waals surface area (Å²) in [5.41, 5.74) is 0.795. The fourth-order valence-electron chi connectivity index (χ4n) is 3.15. The van der Waals surface area contributed by atoms with Gasteiger partial charge in [-0.2, -0.15) is 5.26 Å². The highest BCUT2D eigenvalue weighted by Crippen LogP contribution is 2.34. The van der Waals surface area contributed by atoms with Crippen LogP contribution in [0.5, 0.6) is 5.75 Å². The number of nitriles is 1. The van der Waals surface area contributed by atoms with E-state index in [1.165, 1.54) is 31.2 Å². The van der Waals surface area contributed by atoms with E-state index in [1.54, 1.807) is 24.3 Å². The van der Waals surface area contributed by atoms with Crippen molar-refractivity contribution in [1.29, 1.82) is 10.7 Å². The van der Waals surface area contributed by atoms with Crippen molar-refractivity contribution in [2.75, 3.05) is 10.6 Å². The van der Waals surface area contributed by atoms with Gasteiger partial charge >= 0.3 is 5.97 Å². The number of carboxylic acid groups (broad SMARTS) is 1. The van der Waals surface area contributed by atoms with E-state index >= 15 is 0 Å². The Morgan fingerprint density at radius 2 is 1.68 bits per heavy atom. The lowest BCUT2D eigenvalue weighted by atomic mass is 10.00. The Morgan fingerprint density at radius 3 is 2.26 bits per heavy atom. The van der Waals surface area contributed by atoms with Gasteiger partial charge in [0.1, 0.15) is 11.5 Å². The number of hydrogen-bond acceptors (Lipinski definition) is 7. The maximum Gasteiger partial charge on any atom is 0.337 e. The van der Waals surface area contributed by atoms with Crippen molar-refractivity contribution in [3.8, 4) is 22.9 Å². The number of aromatic hydroxyl groups is 1. The summed E-state index contributed by atoms with van der Waals surface area (Å²) in [5.74, 6) is -2.87. The van der Waals surface area contributed by atoms with Crippen molar-refractivity contribution in [1.82, 2.24) is 0 Å². The van der Waals surface area contributed by atoms with Crippen LogP contribution < -0.4 is 10.6 Å². The first kappa shape index (κ1) is 24.0. The van der Waals surface area contributed by atoms with E-state index in [4.69, 9.17) is 10.7 Å². The predicted octanol–water partition coefficient (Wildman–Crippen LogP) is 3.88. The second kappa shape index (κ2) is 9.89. The first-order valence-corrected chi connectivity index (χ1v) is 10.2. The lowest BCUT2D eigenvalue weighted by Crippen LogP contribution is -2.24. The second-order valence-electron chi connectivity index (χ2n) is 7.15. The van der Waals surface area contributed by atoms with E-state index < -0.39 is 17.6 Å². The molecule has 0 atom stereocenters. The summed E-state index contributed by atoms with van der Waals surface area (Å²) in [5, 5.41) is 42.0. The van der Waals surface area contributed by atoms with Gasteiger partial charge in [-0.25, -0.2) is 4.79 Å². The Balaban J connectivity index is 1.87. The molecule has 9 nitrogen and oxygen atoms in total. The average molecular weight is 474 g/mol. The number of phenolic OH excluding ortho intramolecular Hbond substituents is 1. The number of hydrogen-bond donors (Lipinski definition) is 6. The van der Waals surface area contributed by atoms with E-state index in [2.05, 4.69) is 23.3 Å². The normalized spacial score (nSPS) is 10.1. The number of carbonyl (C=O) groups excluding carboxylic acids is 2. The Kier molecular flexibility index (Phi) is 6.99. The average Bonchev–Trinajstić information content (AvgIpc) is 2.80. The van der Waals surface area contributed by atoms with Gasteiger partial charge in [0.15, 0.2) is 0 Å². The van der Waals surface area contributed by atoms with Crippen LogP contribution >= 0.6 is 12.6 Å². The third-order valence-corrected chi connectivity index (χ3v) is 5.12. The largest absolute Gasteiger partial charge is 0.507 e. The van der Waals surface area contributed by atoms with Gasteiger partial charge in [-0.05, 0) is 53.6 Å². The van der Waals surface area contributed by atoms with Crippen LogP contribution in [0, 0.1) is 16.7 Å². The van der Waals surface area contributed by atoms with Gasteiger partial charge in [0.2, 0.25) is 5.91 Å². The molecule has 0 aliphatic rings. The van der Waals surface area contributed by atoms with E-state index in [-0.39, 0.29) is 34.0 Å². The van der Waals surface area contributed by atoms with Gasteiger partial charge in [0, 0.05) is 23.1 Å². The summed E-state index contributed by atoms with van der Waals surface area (Å²) < 4.78 is 0. The molecule has 3 aromatic carbocycles. The number of benzene rings is 3. The highest BCUT2D eigenvalue weighted by Gasteiger charge is 2.21. The number of nitrogens with zero attached hydrogens (tertiary/aromatic N) is 1. The van der Waals surface area contributed by atoms with Crippen LogP contribution in [0.2, 0.25) is 0 Å². The minimum absolute atomic E-state index is 0.0947. The number of aromatic carboxylic acids is 1. The molecule has 0 heterocycles. The van der Waals surface area contributed by atoms with Gasteiger partial charge in [0.25, 0.3) is 5.91 Å². The molecule has 170 valence electrons. The van der Waals surface area contributed by atoms with Gasteiger partial charge in [-0.1, -0.05) is 12.1 Å². The van der Waals surface area contributed by atoms with Crippen LogP contribution in [-0.4, -0.2) is 33.7 Å². The van der Waals surface area contributed by atoms with Crippen molar-refractivity contribution in [2.24, 2.45) is 0 Å². The first-order valence-electron chi connectivity index (χ1n) is 9.72. The number of carboxylic acids is 1. The highest BCUT2D eigenvalue weighted by atomic mass is 32.1. The molecule has 0 aliphatic carbocycles. The van der Waals surface area contributed by atoms with Gasteiger partial charge in [-0.15, -0.1) is 12.6 Å². The second-order valence-corrected chi connectivity index (χ2v) is 7.63. The molecule has 0 unspecified atom stereocenters. The Labute approximate surface area is 199 Å². The molecule has 2 amide bonds. The molecular weight excluding hydrogens is 456 g/mol. The van der Waals surface area contributed by atoms with Crippen molar-refractivity contribution >= 4 is 47.5 Å². The van der Waals surface area contributed by atoms with E-state index in [0.29, 0.717) is 21.7 Å². The molecule has 0 bridgehead atoms. The number of anilines is 2. The Morgan fingerprint density at radius 1 is 1.00 bits per heavy atom. The quantitative estimate of drug-likeness (QED) is 0.234. The fraction of sp³-hybridized carbons (Fsp3) is 0.0417. The first-order chi connectivity index (χ1) is 16.1. The summed E-state index contributed by atoms with van der Waals surface area (Å²) in [4.78, 5) is 35.6. The zero-order valence-electron chi connectivity index (χ0n) is 17.7. The summed E-state index contributed by atoms with van der Waals surface area (Å²) in [6.45, 7) is 1.39. The third kappa shape index (κ3) is 5.23.